The van der Waals surface area contributed by atoms with E-state index in [1.54, 1.807) is 6.07 Å². The van der Waals surface area contributed by atoms with E-state index in [9.17, 15) is 9.90 Å². The first-order valence-corrected chi connectivity index (χ1v) is 11.0. The Balaban J connectivity index is 1.44. The number of ether oxygens (including phenoxy) is 1. The lowest BCUT2D eigenvalue weighted by Crippen LogP contribution is -2.32. The Morgan fingerprint density at radius 3 is 2.30 bits per heavy atom. The van der Waals surface area contributed by atoms with Crippen LogP contribution in [0.25, 0.3) is 32.8 Å². The molecular weight excluding hydrogens is 412 g/mol. The maximum atomic E-state index is 13.1. The zero-order valence-electron chi connectivity index (χ0n) is 18.3. The van der Waals surface area contributed by atoms with E-state index in [1.165, 1.54) is 4.68 Å². The van der Waals surface area contributed by atoms with Gasteiger partial charge < -0.3 is 9.84 Å². The standard InChI is InChI=1S/C28H24N2O3/c1-19-13-15-21(16-14-19)27-24-10-4-5-11-25(24)28(32)30(29-27)17-22(31)18-33-26-12-6-8-20-7-2-3-9-23(20)26/h2-16,22,31H,17-18H2,1H3. The van der Waals surface area contributed by atoms with Crippen molar-refractivity contribution in [1.29, 1.82) is 0 Å². The Bertz CT molecular complexity index is 1480. The molecule has 5 aromatic rings. The van der Waals surface area contributed by atoms with E-state index in [1.807, 2.05) is 91.9 Å². The van der Waals surface area contributed by atoms with Crippen LogP contribution in [0.1, 0.15) is 5.56 Å². The van der Waals surface area contributed by atoms with Gasteiger partial charge in [0.25, 0.3) is 5.56 Å². The highest BCUT2D eigenvalue weighted by Crippen LogP contribution is 2.26. The maximum Gasteiger partial charge on any atom is 0.274 e. The summed E-state index contributed by atoms with van der Waals surface area (Å²) in [4.78, 5) is 13.1. The first-order valence-electron chi connectivity index (χ1n) is 11.0. The summed E-state index contributed by atoms with van der Waals surface area (Å²) in [5.74, 6) is 0.700. The summed E-state index contributed by atoms with van der Waals surface area (Å²) >= 11 is 0. The van der Waals surface area contributed by atoms with Crippen LogP contribution in [0.15, 0.2) is 95.8 Å². The maximum absolute atomic E-state index is 13.1. The molecule has 0 spiro atoms. The number of nitrogens with zero attached hydrogens (tertiary/aromatic N) is 2. The van der Waals surface area contributed by atoms with Gasteiger partial charge in [-0.1, -0.05) is 84.4 Å². The molecule has 1 atom stereocenters. The van der Waals surface area contributed by atoms with Crippen LogP contribution in [0, 0.1) is 6.92 Å². The molecule has 0 saturated carbocycles. The third-order valence-electron chi connectivity index (χ3n) is 5.76. The van der Waals surface area contributed by atoms with Crippen molar-refractivity contribution in [3.63, 3.8) is 0 Å². The smallest absolute Gasteiger partial charge is 0.274 e. The fraction of sp³-hybridized carbons (Fsp3) is 0.143. The predicted molar refractivity (Wildman–Crippen MR) is 132 cm³/mol. The molecule has 0 fully saturated rings. The number of hydrogen-bond donors (Lipinski definition) is 1. The fourth-order valence-corrected chi connectivity index (χ4v) is 4.04. The highest BCUT2D eigenvalue weighted by molar-refractivity contribution is 5.93. The van der Waals surface area contributed by atoms with Crippen LogP contribution in [0.3, 0.4) is 0 Å². The molecule has 4 aromatic carbocycles. The second-order valence-corrected chi connectivity index (χ2v) is 8.19. The predicted octanol–water partition coefficient (Wildman–Crippen LogP) is 4.97. The Hall–Kier alpha value is -3.96. The first kappa shape index (κ1) is 20.9. The third-order valence-corrected chi connectivity index (χ3v) is 5.76. The van der Waals surface area contributed by atoms with Gasteiger partial charge in [-0.3, -0.25) is 4.79 Å². The minimum atomic E-state index is -0.902. The molecule has 0 bridgehead atoms. The summed E-state index contributed by atoms with van der Waals surface area (Å²) in [6.07, 6.45) is -0.902. The van der Waals surface area contributed by atoms with E-state index in [0.717, 1.165) is 27.3 Å². The van der Waals surface area contributed by atoms with Gasteiger partial charge in [-0.15, -0.1) is 0 Å². The summed E-state index contributed by atoms with van der Waals surface area (Å²) in [6, 6.07) is 29.2. The highest BCUT2D eigenvalue weighted by atomic mass is 16.5. The molecule has 0 saturated heterocycles. The fourth-order valence-electron chi connectivity index (χ4n) is 4.04. The largest absolute Gasteiger partial charge is 0.490 e. The number of fused-ring (bicyclic) bond motifs is 2. The van der Waals surface area contributed by atoms with Crippen molar-refractivity contribution >= 4 is 21.5 Å². The SMILES string of the molecule is Cc1ccc(-c2nn(CC(O)COc3cccc4ccccc34)c(=O)c3ccccc23)cc1. The van der Waals surface area contributed by atoms with Gasteiger partial charge in [-0.05, 0) is 24.4 Å². The molecule has 1 unspecified atom stereocenters. The van der Waals surface area contributed by atoms with Crippen molar-refractivity contribution in [1.82, 2.24) is 9.78 Å². The highest BCUT2D eigenvalue weighted by Gasteiger charge is 2.15. The van der Waals surface area contributed by atoms with Crippen LogP contribution in [0.4, 0.5) is 0 Å². The van der Waals surface area contributed by atoms with E-state index in [0.29, 0.717) is 16.8 Å². The summed E-state index contributed by atoms with van der Waals surface area (Å²) in [7, 11) is 0. The van der Waals surface area contributed by atoms with Crippen molar-refractivity contribution in [2.45, 2.75) is 19.6 Å². The van der Waals surface area contributed by atoms with Crippen molar-refractivity contribution in [3.05, 3.63) is 107 Å². The second kappa shape index (κ2) is 8.88. The molecular formula is C28H24N2O3. The number of aliphatic hydroxyl groups excluding tert-OH is 1. The van der Waals surface area contributed by atoms with E-state index in [-0.39, 0.29) is 18.7 Å². The van der Waals surface area contributed by atoms with Crippen molar-refractivity contribution < 1.29 is 9.84 Å². The van der Waals surface area contributed by atoms with Gasteiger partial charge in [0.05, 0.1) is 17.6 Å². The van der Waals surface area contributed by atoms with Crippen LogP contribution < -0.4 is 10.3 Å². The van der Waals surface area contributed by atoms with Gasteiger partial charge in [0.1, 0.15) is 18.5 Å². The molecule has 5 rings (SSSR count). The lowest BCUT2D eigenvalue weighted by Gasteiger charge is -2.16. The Morgan fingerprint density at radius 1 is 0.848 bits per heavy atom. The number of aryl methyl sites for hydroxylation is 1. The molecule has 1 heterocycles. The van der Waals surface area contributed by atoms with Crippen molar-refractivity contribution in [2.75, 3.05) is 6.61 Å². The van der Waals surface area contributed by atoms with Crippen LogP contribution in [0.5, 0.6) is 5.75 Å². The molecule has 5 nitrogen and oxygen atoms in total. The first-order chi connectivity index (χ1) is 16.1. The molecule has 5 heteroatoms. The topological polar surface area (TPSA) is 64.3 Å². The van der Waals surface area contributed by atoms with E-state index in [2.05, 4.69) is 5.10 Å². The lowest BCUT2D eigenvalue weighted by atomic mass is 10.0. The molecule has 0 radical (unpaired) electrons. The zero-order valence-corrected chi connectivity index (χ0v) is 18.3. The van der Waals surface area contributed by atoms with E-state index < -0.39 is 6.10 Å². The molecule has 0 aliphatic carbocycles. The summed E-state index contributed by atoms with van der Waals surface area (Å²) in [6.45, 7) is 2.12. The van der Waals surface area contributed by atoms with Crippen molar-refractivity contribution in [2.24, 2.45) is 0 Å². The monoisotopic (exact) mass is 436 g/mol. The van der Waals surface area contributed by atoms with Crippen LogP contribution in [0.2, 0.25) is 0 Å². The Morgan fingerprint density at radius 2 is 1.52 bits per heavy atom. The summed E-state index contributed by atoms with van der Waals surface area (Å²) < 4.78 is 7.26. The number of hydrogen-bond acceptors (Lipinski definition) is 4. The Kier molecular flexibility index (Phi) is 5.63. The molecule has 1 aromatic heterocycles. The van der Waals surface area contributed by atoms with Gasteiger partial charge in [-0.25, -0.2) is 4.68 Å². The van der Waals surface area contributed by atoms with E-state index in [4.69, 9.17) is 4.74 Å². The number of benzene rings is 4. The van der Waals surface area contributed by atoms with E-state index >= 15 is 0 Å². The van der Waals surface area contributed by atoms with Gasteiger partial charge in [0.2, 0.25) is 0 Å². The van der Waals surface area contributed by atoms with Crippen LogP contribution >= 0.6 is 0 Å². The summed E-state index contributed by atoms with van der Waals surface area (Å²) in [5, 5.41) is 18.8. The van der Waals surface area contributed by atoms with Gasteiger partial charge in [0.15, 0.2) is 0 Å². The average Bonchev–Trinajstić information content (AvgIpc) is 2.85. The van der Waals surface area contributed by atoms with Gasteiger partial charge >= 0.3 is 0 Å². The van der Waals surface area contributed by atoms with Crippen molar-refractivity contribution in [3.8, 4) is 17.0 Å². The minimum absolute atomic E-state index is 0.0350. The molecule has 33 heavy (non-hydrogen) atoms. The lowest BCUT2D eigenvalue weighted by molar-refractivity contribution is 0.0889. The Labute approximate surface area is 191 Å². The summed E-state index contributed by atoms with van der Waals surface area (Å²) in [5.41, 5.74) is 2.56. The van der Waals surface area contributed by atoms with Crippen LogP contribution in [-0.2, 0) is 6.54 Å². The minimum Gasteiger partial charge on any atom is -0.490 e. The normalized spacial score (nSPS) is 12.2. The number of aliphatic hydroxyl groups is 1. The molecule has 0 aliphatic rings. The zero-order chi connectivity index (χ0) is 22.8. The van der Waals surface area contributed by atoms with Gasteiger partial charge in [0, 0.05) is 16.3 Å². The molecule has 0 aliphatic heterocycles. The average molecular weight is 437 g/mol. The second-order valence-electron chi connectivity index (χ2n) is 8.19. The molecule has 1 N–H and O–H groups in total. The number of rotatable bonds is 6. The number of aromatic nitrogens is 2. The molecule has 164 valence electrons. The quantitative estimate of drug-likeness (QED) is 0.408. The third kappa shape index (κ3) is 4.23. The van der Waals surface area contributed by atoms with Gasteiger partial charge in [-0.2, -0.15) is 5.10 Å². The molecule has 0 amide bonds. The van der Waals surface area contributed by atoms with Crippen LogP contribution in [-0.4, -0.2) is 27.6 Å².